The van der Waals surface area contributed by atoms with Gasteiger partial charge in [0.05, 0.1) is 19.8 Å². The quantitative estimate of drug-likeness (QED) is 0.209. The molecular weight excluding hydrogens is 437 g/mol. The van der Waals surface area contributed by atoms with Crippen LogP contribution in [0, 0.1) is 0 Å². The normalized spacial score (nSPS) is 21.2. The van der Waals surface area contributed by atoms with Crippen molar-refractivity contribution in [1.29, 1.82) is 0 Å². The van der Waals surface area contributed by atoms with E-state index in [9.17, 15) is 0 Å². The first kappa shape index (κ1) is 24.3. The summed E-state index contributed by atoms with van der Waals surface area (Å²) in [6.07, 6.45) is 9.64. The Kier molecular flexibility index (Phi) is 16.9. The van der Waals surface area contributed by atoms with Crippen LogP contribution in [0.5, 0.6) is 0 Å². The lowest BCUT2D eigenvalue weighted by Crippen LogP contribution is -2.46. The van der Waals surface area contributed by atoms with Gasteiger partial charge in [-0.25, -0.2) is 0 Å². The molecule has 0 amide bonds. The number of ether oxygens (including phenoxy) is 2. The standard InChI is InChI=1S/C17H35N3O2S.HI/c1-4-5-10-21-12-13-22-11-9-19-17(18-2)20-15-7-6-8-16(14-15)23-3;/h15-16H,4-14H2,1-3H3,(H2,18,19,20);1H. The van der Waals surface area contributed by atoms with Crippen molar-refractivity contribution < 1.29 is 9.47 Å². The highest BCUT2D eigenvalue weighted by Gasteiger charge is 2.21. The molecule has 1 rings (SSSR count). The van der Waals surface area contributed by atoms with Crippen LogP contribution >= 0.6 is 35.7 Å². The van der Waals surface area contributed by atoms with E-state index in [0.717, 1.165) is 30.8 Å². The second-order valence-corrected chi connectivity index (χ2v) is 7.08. The average molecular weight is 473 g/mol. The summed E-state index contributed by atoms with van der Waals surface area (Å²) in [5, 5.41) is 7.65. The molecule has 0 aromatic carbocycles. The molecule has 7 heteroatoms. The van der Waals surface area contributed by atoms with Gasteiger partial charge in [-0.2, -0.15) is 11.8 Å². The summed E-state index contributed by atoms with van der Waals surface area (Å²) < 4.78 is 11.0. The largest absolute Gasteiger partial charge is 0.379 e. The summed E-state index contributed by atoms with van der Waals surface area (Å²) in [5.41, 5.74) is 0. The van der Waals surface area contributed by atoms with E-state index in [0.29, 0.717) is 25.9 Å². The molecule has 1 aliphatic carbocycles. The molecule has 0 aromatic heterocycles. The van der Waals surface area contributed by atoms with Gasteiger partial charge in [0.1, 0.15) is 0 Å². The van der Waals surface area contributed by atoms with Crippen molar-refractivity contribution in [2.75, 3.05) is 46.3 Å². The second-order valence-electron chi connectivity index (χ2n) is 5.94. The molecule has 5 nitrogen and oxygen atoms in total. The molecule has 144 valence electrons. The first-order valence-electron chi connectivity index (χ1n) is 8.95. The van der Waals surface area contributed by atoms with E-state index in [4.69, 9.17) is 9.47 Å². The van der Waals surface area contributed by atoms with E-state index in [-0.39, 0.29) is 24.0 Å². The lowest BCUT2D eigenvalue weighted by molar-refractivity contribution is 0.0487. The van der Waals surface area contributed by atoms with Crippen molar-refractivity contribution in [3.8, 4) is 0 Å². The van der Waals surface area contributed by atoms with Crippen LogP contribution < -0.4 is 10.6 Å². The Morgan fingerprint density at radius 1 is 1.17 bits per heavy atom. The van der Waals surface area contributed by atoms with E-state index in [1.807, 2.05) is 18.8 Å². The molecule has 2 atom stereocenters. The smallest absolute Gasteiger partial charge is 0.191 e. The number of hydrogen-bond acceptors (Lipinski definition) is 4. The minimum Gasteiger partial charge on any atom is -0.379 e. The van der Waals surface area contributed by atoms with Crippen LogP contribution in [0.15, 0.2) is 4.99 Å². The predicted octanol–water partition coefficient (Wildman–Crippen LogP) is 3.28. The molecule has 0 saturated heterocycles. The number of hydrogen-bond donors (Lipinski definition) is 2. The number of aliphatic imine (C=N–C) groups is 1. The molecule has 0 aliphatic heterocycles. The van der Waals surface area contributed by atoms with Crippen LogP contribution in [0.2, 0.25) is 0 Å². The monoisotopic (exact) mass is 473 g/mol. The molecule has 24 heavy (non-hydrogen) atoms. The molecule has 1 fully saturated rings. The molecule has 2 N–H and O–H groups in total. The Bertz CT molecular complexity index is 322. The van der Waals surface area contributed by atoms with E-state index < -0.39 is 0 Å². The van der Waals surface area contributed by atoms with Gasteiger partial charge in [-0.05, 0) is 31.9 Å². The topological polar surface area (TPSA) is 54.9 Å². The van der Waals surface area contributed by atoms with Crippen molar-refractivity contribution >= 4 is 41.7 Å². The molecule has 0 heterocycles. The third kappa shape index (κ3) is 11.8. The Morgan fingerprint density at radius 2 is 1.92 bits per heavy atom. The minimum absolute atomic E-state index is 0. The summed E-state index contributed by atoms with van der Waals surface area (Å²) >= 11 is 1.99. The van der Waals surface area contributed by atoms with Crippen molar-refractivity contribution in [3.05, 3.63) is 0 Å². The van der Waals surface area contributed by atoms with Gasteiger partial charge in [-0.15, -0.1) is 24.0 Å². The molecule has 1 aliphatic rings. The van der Waals surface area contributed by atoms with Crippen LogP contribution in [-0.2, 0) is 9.47 Å². The fourth-order valence-electron chi connectivity index (χ4n) is 2.69. The van der Waals surface area contributed by atoms with Crippen LogP contribution in [0.4, 0.5) is 0 Å². The highest BCUT2D eigenvalue weighted by Crippen LogP contribution is 2.26. The van der Waals surface area contributed by atoms with Crippen LogP contribution in [0.3, 0.4) is 0 Å². The fourth-order valence-corrected chi connectivity index (χ4v) is 3.52. The van der Waals surface area contributed by atoms with Crippen LogP contribution in [0.1, 0.15) is 45.4 Å². The maximum Gasteiger partial charge on any atom is 0.191 e. The zero-order valence-electron chi connectivity index (χ0n) is 15.5. The van der Waals surface area contributed by atoms with Crippen LogP contribution in [-0.4, -0.2) is 63.5 Å². The number of nitrogens with one attached hydrogen (secondary N) is 2. The van der Waals surface area contributed by atoms with Gasteiger partial charge in [0.2, 0.25) is 0 Å². The molecule has 0 aromatic rings. The van der Waals surface area contributed by atoms with E-state index in [2.05, 4.69) is 28.8 Å². The Balaban J connectivity index is 0.00000529. The van der Waals surface area contributed by atoms with Crippen molar-refractivity contribution in [2.45, 2.75) is 56.7 Å². The first-order chi connectivity index (χ1) is 11.3. The summed E-state index contributed by atoms with van der Waals surface area (Å²) in [6, 6.07) is 0.542. The van der Waals surface area contributed by atoms with Gasteiger partial charge in [-0.1, -0.05) is 19.8 Å². The Hall–Kier alpha value is 0.270. The van der Waals surface area contributed by atoms with Crippen molar-refractivity contribution in [1.82, 2.24) is 10.6 Å². The third-order valence-corrected chi connectivity index (χ3v) is 5.17. The highest BCUT2D eigenvalue weighted by molar-refractivity contribution is 14.0. The average Bonchev–Trinajstić information content (AvgIpc) is 2.59. The fraction of sp³-hybridized carbons (Fsp3) is 0.941. The summed E-state index contributed by atoms with van der Waals surface area (Å²) in [6.45, 7) is 5.80. The summed E-state index contributed by atoms with van der Waals surface area (Å²) in [4.78, 5) is 4.31. The number of guanidine groups is 1. The van der Waals surface area contributed by atoms with E-state index in [1.54, 1.807) is 0 Å². The Labute approximate surface area is 169 Å². The highest BCUT2D eigenvalue weighted by atomic mass is 127. The summed E-state index contributed by atoms with van der Waals surface area (Å²) in [5.74, 6) is 0.888. The lowest BCUT2D eigenvalue weighted by atomic mass is 9.95. The van der Waals surface area contributed by atoms with Gasteiger partial charge in [0, 0.05) is 31.5 Å². The second kappa shape index (κ2) is 16.7. The predicted molar refractivity (Wildman–Crippen MR) is 116 cm³/mol. The van der Waals surface area contributed by atoms with E-state index in [1.165, 1.54) is 32.1 Å². The van der Waals surface area contributed by atoms with Crippen molar-refractivity contribution in [3.63, 3.8) is 0 Å². The molecular formula is C17H36IN3O2S. The zero-order valence-corrected chi connectivity index (χ0v) is 18.7. The van der Waals surface area contributed by atoms with Gasteiger partial charge < -0.3 is 20.1 Å². The van der Waals surface area contributed by atoms with Gasteiger partial charge in [0.15, 0.2) is 5.96 Å². The van der Waals surface area contributed by atoms with Gasteiger partial charge >= 0.3 is 0 Å². The number of nitrogens with zero attached hydrogens (tertiary/aromatic N) is 1. The van der Waals surface area contributed by atoms with Crippen molar-refractivity contribution in [2.24, 2.45) is 4.99 Å². The number of thioether (sulfide) groups is 1. The first-order valence-corrected chi connectivity index (χ1v) is 10.2. The number of halogens is 1. The molecule has 1 saturated carbocycles. The zero-order chi connectivity index (χ0) is 16.8. The molecule has 0 bridgehead atoms. The summed E-state index contributed by atoms with van der Waals surface area (Å²) in [7, 11) is 1.83. The SMILES string of the molecule is CCCCOCCOCCNC(=NC)NC1CCCC(SC)C1.I. The van der Waals surface area contributed by atoms with E-state index >= 15 is 0 Å². The maximum absolute atomic E-state index is 5.56. The molecule has 2 unspecified atom stereocenters. The third-order valence-electron chi connectivity index (χ3n) is 4.08. The molecule has 0 radical (unpaired) electrons. The Morgan fingerprint density at radius 3 is 2.58 bits per heavy atom. The minimum atomic E-state index is 0. The maximum atomic E-state index is 5.56. The lowest BCUT2D eigenvalue weighted by Gasteiger charge is -2.29. The van der Waals surface area contributed by atoms with Gasteiger partial charge in [-0.3, -0.25) is 4.99 Å². The van der Waals surface area contributed by atoms with Crippen LogP contribution in [0.25, 0.3) is 0 Å². The number of rotatable bonds is 11. The number of unbranched alkanes of at least 4 members (excludes halogenated alkanes) is 1. The molecule has 0 spiro atoms. The van der Waals surface area contributed by atoms with Gasteiger partial charge in [0.25, 0.3) is 0 Å².